The third-order valence-corrected chi connectivity index (χ3v) is 5.16. The second-order valence-corrected chi connectivity index (χ2v) is 7.13. The van der Waals surface area contributed by atoms with Gasteiger partial charge in [0.2, 0.25) is 5.78 Å². The first kappa shape index (κ1) is 22.2. The number of hydrogen-bond acceptors (Lipinski definition) is 4. The zero-order chi connectivity index (χ0) is 22.5. The molecule has 0 aliphatic heterocycles. The maximum absolute atomic E-state index is 13.7. The van der Waals surface area contributed by atoms with E-state index in [9.17, 15) is 18.4 Å². The predicted octanol–water partition coefficient (Wildman–Crippen LogP) is 4.67. The Labute approximate surface area is 179 Å². The number of esters is 1. The molecule has 0 radical (unpaired) electrons. The Morgan fingerprint density at radius 2 is 1.65 bits per heavy atom. The Hall–Kier alpha value is -3.48. The van der Waals surface area contributed by atoms with Crippen molar-refractivity contribution in [3.8, 4) is 5.75 Å². The summed E-state index contributed by atoms with van der Waals surface area (Å²) in [5.74, 6) is -2.93. The monoisotopic (exact) mass is 427 g/mol. The predicted molar refractivity (Wildman–Crippen MR) is 112 cm³/mol. The van der Waals surface area contributed by atoms with E-state index in [1.165, 1.54) is 0 Å². The van der Waals surface area contributed by atoms with Gasteiger partial charge in [0, 0.05) is 23.5 Å². The van der Waals surface area contributed by atoms with E-state index in [-0.39, 0.29) is 0 Å². The van der Waals surface area contributed by atoms with Crippen molar-refractivity contribution in [1.82, 2.24) is 4.57 Å². The highest BCUT2D eigenvalue weighted by Crippen LogP contribution is 2.19. The van der Waals surface area contributed by atoms with Gasteiger partial charge in [-0.15, -0.1) is 0 Å². The van der Waals surface area contributed by atoms with Gasteiger partial charge in [-0.2, -0.15) is 0 Å². The summed E-state index contributed by atoms with van der Waals surface area (Å²) >= 11 is 0. The second kappa shape index (κ2) is 9.55. The van der Waals surface area contributed by atoms with Gasteiger partial charge in [-0.05, 0) is 56.2 Å². The first-order valence-electron chi connectivity index (χ1n) is 9.75. The molecular weight excluding hydrogens is 404 g/mol. The molecule has 0 saturated heterocycles. The summed E-state index contributed by atoms with van der Waals surface area (Å²) in [5, 5.41) is 0. The standard InChI is InChI=1S/C24H23F2NO4/c1-15-13-19(16(2)27(15)12-11-17-7-9-18(30-3)10-8-17)22(28)14-31-24(29)23-20(25)5-4-6-21(23)26/h4-10,13H,11-12,14H2,1-3H3. The van der Waals surface area contributed by atoms with Crippen LogP contribution in [0.25, 0.3) is 0 Å². The highest BCUT2D eigenvalue weighted by Gasteiger charge is 2.21. The number of ether oxygens (including phenoxy) is 2. The molecule has 0 aliphatic rings. The molecule has 2 aromatic carbocycles. The molecule has 0 N–H and O–H groups in total. The molecule has 1 aromatic heterocycles. The summed E-state index contributed by atoms with van der Waals surface area (Å²) in [7, 11) is 1.62. The van der Waals surface area contributed by atoms with Crippen molar-refractivity contribution in [2.45, 2.75) is 26.8 Å². The van der Waals surface area contributed by atoms with Gasteiger partial charge in [-0.25, -0.2) is 13.6 Å². The van der Waals surface area contributed by atoms with Crippen molar-refractivity contribution in [3.63, 3.8) is 0 Å². The smallest absolute Gasteiger partial charge is 0.344 e. The van der Waals surface area contributed by atoms with Crippen LogP contribution in [-0.2, 0) is 17.7 Å². The molecule has 0 saturated carbocycles. The molecule has 5 nitrogen and oxygen atoms in total. The fraction of sp³-hybridized carbons (Fsp3) is 0.250. The lowest BCUT2D eigenvalue weighted by molar-refractivity contribution is 0.0465. The third kappa shape index (κ3) is 4.99. The van der Waals surface area contributed by atoms with Gasteiger partial charge in [0.25, 0.3) is 0 Å². The van der Waals surface area contributed by atoms with E-state index >= 15 is 0 Å². The highest BCUT2D eigenvalue weighted by atomic mass is 19.1. The molecule has 0 fully saturated rings. The number of hydrogen-bond donors (Lipinski definition) is 0. The van der Waals surface area contributed by atoms with Gasteiger partial charge in [0.05, 0.1) is 7.11 Å². The molecular formula is C24H23F2NO4. The molecule has 162 valence electrons. The fourth-order valence-electron chi connectivity index (χ4n) is 3.43. The van der Waals surface area contributed by atoms with Crippen molar-refractivity contribution < 1.29 is 27.8 Å². The Morgan fingerprint density at radius 3 is 2.26 bits per heavy atom. The van der Waals surface area contributed by atoms with Crippen LogP contribution >= 0.6 is 0 Å². The lowest BCUT2D eigenvalue weighted by atomic mass is 10.1. The number of carbonyl (C=O) groups excluding carboxylic acids is 2. The van der Waals surface area contributed by atoms with Crippen LogP contribution in [0.3, 0.4) is 0 Å². The average molecular weight is 427 g/mol. The molecule has 31 heavy (non-hydrogen) atoms. The number of carbonyl (C=O) groups is 2. The number of halogens is 2. The van der Waals surface area contributed by atoms with E-state index in [4.69, 9.17) is 9.47 Å². The molecule has 0 atom stereocenters. The number of benzene rings is 2. The van der Waals surface area contributed by atoms with Gasteiger partial charge in [-0.1, -0.05) is 18.2 Å². The largest absolute Gasteiger partial charge is 0.497 e. The van der Waals surface area contributed by atoms with Crippen molar-refractivity contribution >= 4 is 11.8 Å². The Kier molecular flexibility index (Phi) is 6.84. The Morgan fingerprint density at radius 1 is 1.00 bits per heavy atom. The van der Waals surface area contributed by atoms with E-state index in [1.807, 2.05) is 42.7 Å². The number of rotatable bonds is 8. The highest BCUT2D eigenvalue weighted by molar-refractivity contribution is 6.00. The van der Waals surface area contributed by atoms with Gasteiger partial charge in [0.1, 0.15) is 22.9 Å². The molecule has 7 heteroatoms. The van der Waals surface area contributed by atoms with Crippen LogP contribution < -0.4 is 4.74 Å². The lowest BCUT2D eigenvalue weighted by Crippen LogP contribution is -2.17. The van der Waals surface area contributed by atoms with Gasteiger partial charge in [0.15, 0.2) is 6.61 Å². The molecule has 1 heterocycles. The van der Waals surface area contributed by atoms with Crippen LogP contribution in [0.5, 0.6) is 5.75 Å². The summed E-state index contributed by atoms with van der Waals surface area (Å²) in [6.07, 6.45) is 0.759. The maximum Gasteiger partial charge on any atom is 0.344 e. The Bertz CT molecular complexity index is 1080. The van der Waals surface area contributed by atoms with E-state index in [0.29, 0.717) is 12.1 Å². The van der Waals surface area contributed by atoms with Crippen LogP contribution in [-0.4, -0.2) is 30.0 Å². The molecule has 0 aliphatic carbocycles. The SMILES string of the molecule is COc1ccc(CCn2c(C)cc(C(=O)COC(=O)c3c(F)cccc3F)c2C)cc1. The van der Waals surface area contributed by atoms with Gasteiger partial charge >= 0.3 is 5.97 Å². The number of nitrogens with zero attached hydrogens (tertiary/aromatic N) is 1. The fourth-order valence-corrected chi connectivity index (χ4v) is 3.43. The third-order valence-electron chi connectivity index (χ3n) is 5.16. The Balaban J connectivity index is 1.66. The quantitative estimate of drug-likeness (QED) is 0.387. The van der Waals surface area contributed by atoms with E-state index in [0.717, 1.165) is 47.3 Å². The number of methoxy groups -OCH3 is 1. The average Bonchev–Trinajstić information content (AvgIpc) is 3.04. The number of aromatic nitrogens is 1. The molecule has 0 unspecified atom stereocenters. The van der Waals surface area contributed by atoms with Crippen LogP contribution in [0.2, 0.25) is 0 Å². The van der Waals surface area contributed by atoms with Gasteiger partial charge in [-0.3, -0.25) is 4.79 Å². The molecule has 0 spiro atoms. The summed E-state index contributed by atoms with van der Waals surface area (Å²) in [5.41, 5.74) is 2.36. The van der Waals surface area contributed by atoms with E-state index < -0.39 is 35.6 Å². The normalized spacial score (nSPS) is 10.7. The van der Waals surface area contributed by atoms with Crippen molar-refractivity contribution in [2.24, 2.45) is 0 Å². The lowest BCUT2D eigenvalue weighted by Gasteiger charge is -2.10. The molecule has 0 bridgehead atoms. The van der Waals surface area contributed by atoms with Crippen LogP contribution in [0.1, 0.15) is 37.7 Å². The van der Waals surface area contributed by atoms with Crippen LogP contribution in [0, 0.1) is 25.5 Å². The van der Waals surface area contributed by atoms with Crippen molar-refractivity contribution in [2.75, 3.05) is 13.7 Å². The zero-order valence-corrected chi connectivity index (χ0v) is 17.6. The number of aryl methyl sites for hydroxylation is 2. The van der Waals surface area contributed by atoms with Crippen molar-refractivity contribution in [3.05, 3.63) is 88.2 Å². The van der Waals surface area contributed by atoms with Gasteiger partial charge < -0.3 is 14.0 Å². The van der Waals surface area contributed by atoms with Crippen LogP contribution in [0.4, 0.5) is 8.78 Å². The van der Waals surface area contributed by atoms with Crippen molar-refractivity contribution in [1.29, 1.82) is 0 Å². The van der Waals surface area contributed by atoms with E-state index in [1.54, 1.807) is 13.2 Å². The summed E-state index contributed by atoms with van der Waals surface area (Å²) in [4.78, 5) is 24.6. The van der Waals surface area contributed by atoms with E-state index in [2.05, 4.69) is 0 Å². The molecule has 3 aromatic rings. The molecule has 3 rings (SSSR count). The zero-order valence-electron chi connectivity index (χ0n) is 17.6. The summed E-state index contributed by atoms with van der Waals surface area (Å²) in [6.45, 7) is 3.76. The minimum atomic E-state index is -1.21. The number of ketones is 1. The van der Waals surface area contributed by atoms with Crippen LogP contribution in [0.15, 0.2) is 48.5 Å². The second-order valence-electron chi connectivity index (χ2n) is 7.13. The molecule has 0 amide bonds. The first-order chi connectivity index (χ1) is 14.8. The maximum atomic E-state index is 13.7. The minimum Gasteiger partial charge on any atom is -0.497 e. The topological polar surface area (TPSA) is 57.5 Å². The summed E-state index contributed by atoms with van der Waals surface area (Å²) < 4.78 is 39.4. The first-order valence-corrected chi connectivity index (χ1v) is 9.75. The number of Topliss-reactive ketones (excluding diaryl/α,β-unsaturated/α-hetero) is 1. The summed E-state index contributed by atoms with van der Waals surface area (Å²) in [6, 6.07) is 12.5. The minimum absolute atomic E-state index is 0.411.